The summed E-state index contributed by atoms with van der Waals surface area (Å²) >= 11 is 0. The maximum atomic E-state index is 5.56. The van der Waals surface area contributed by atoms with E-state index in [1.165, 1.54) is 5.56 Å². The third-order valence-electron chi connectivity index (χ3n) is 2.14. The molecule has 1 nitrogen and oxygen atoms in total. The van der Waals surface area contributed by atoms with Crippen LogP contribution >= 0.6 is 0 Å². The van der Waals surface area contributed by atoms with Gasteiger partial charge in [0.05, 0.1) is 16.3 Å². The van der Waals surface area contributed by atoms with Crippen molar-refractivity contribution in [3.05, 3.63) is 42.0 Å². The van der Waals surface area contributed by atoms with Crippen LogP contribution in [0.25, 0.3) is 5.20 Å². The SMILES string of the molecule is C=C([Si])c1ccccc1C(C)OCC. The molecule has 1 aromatic carbocycles. The average molecular weight is 203 g/mol. The van der Waals surface area contributed by atoms with Gasteiger partial charge in [-0.15, -0.1) is 6.58 Å². The number of ether oxygens (including phenoxy) is 1. The summed E-state index contributed by atoms with van der Waals surface area (Å²) in [7, 11) is 3.45. The number of hydrogen-bond donors (Lipinski definition) is 0. The van der Waals surface area contributed by atoms with Crippen molar-refractivity contribution in [1.82, 2.24) is 0 Å². The van der Waals surface area contributed by atoms with Crippen molar-refractivity contribution in [3.63, 3.8) is 0 Å². The van der Waals surface area contributed by atoms with E-state index in [9.17, 15) is 0 Å². The van der Waals surface area contributed by atoms with Crippen LogP contribution in [0.2, 0.25) is 0 Å². The van der Waals surface area contributed by atoms with Gasteiger partial charge in [0.25, 0.3) is 0 Å². The van der Waals surface area contributed by atoms with E-state index < -0.39 is 0 Å². The normalized spacial score (nSPS) is 12.5. The van der Waals surface area contributed by atoms with E-state index >= 15 is 0 Å². The van der Waals surface area contributed by atoms with Gasteiger partial charge in [-0.05, 0) is 25.0 Å². The van der Waals surface area contributed by atoms with Crippen LogP contribution in [0.5, 0.6) is 0 Å². The largest absolute Gasteiger partial charge is 0.374 e. The van der Waals surface area contributed by atoms with E-state index in [0.717, 1.165) is 17.4 Å². The summed E-state index contributed by atoms with van der Waals surface area (Å²) in [4.78, 5) is 0. The van der Waals surface area contributed by atoms with Crippen LogP contribution in [-0.4, -0.2) is 16.8 Å². The first-order valence-corrected chi connectivity index (χ1v) is 5.28. The molecule has 3 radical (unpaired) electrons. The van der Waals surface area contributed by atoms with E-state index in [-0.39, 0.29) is 6.10 Å². The second kappa shape index (κ2) is 5.13. The number of hydrogen-bond acceptors (Lipinski definition) is 1. The molecule has 1 rings (SSSR count). The monoisotopic (exact) mass is 203 g/mol. The quantitative estimate of drug-likeness (QED) is 0.684. The first-order valence-electron chi connectivity index (χ1n) is 4.78. The van der Waals surface area contributed by atoms with Gasteiger partial charge in [-0.3, -0.25) is 0 Å². The molecule has 1 aromatic rings. The van der Waals surface area contributed by atoms with Crippen LogP contribution in [0.15, 0.2) is 30.8 Å². The predicted octanol–water partition coefficient (Wildman–Crippen LogP) is 2.92. The van der Waals surface area contributed by atoms with Gasteiger partial charge >= 0.3 is 0 Å². The van der Waals surface area contributed by atoms with Gasteiger partial charge in [0.15, 0.2) is 0 Å². The molecular formula is C12H15OSi. The van der Waals surface area contributed by atoms with Crippen LogP contribution in [-0.2, 0) is 4.74 Å². The van der Waals surface area contributed by atoms with Crippen LogP contribution in [0.3, 0.4) is 0 Å². The molecule has 0 saturated heterocycles. The van der Waals surface area contributed by atoms with Gasteiger partial charge in [-0.2, -0.15) is 0 Å². The zero-order valence-corrected chi connectivity index (χ0v) is 9.71. The van der Waals surface area contributed by atoms with Crippen molar-refractivity contribution in [2.75, 3.05) is 6.61 Å². The molecular weight excluding hydrogens is 188 g/mol. The third-order valence-corrected chi connectivity index (χ3v) is 2.41. The fourth-order valence-corrected chi connectivity index (χ4v) is 1.69. The standard InChI is InChI=1S/C12H15OSi/c1-4-13-9(2)11-7-5-6-8-12(11)10(3)14/h5-9H,3-4H2,1-2H3. The molecule has 0 fully saturated rings. The van der Waals surface area contributed by atoms with Crippen LogP contribution in [0, 0.1) is 0 Å². The highest BCUT2D eigenvalue weighted by atomic mass is 28.1. The fourth-order valence-electron chi connectivity index (χ4n) is 1.47. The third kappa shape index (κ3) is 2.56. The van der Waals surface area contributed by atoms with Gasteiger partial charge in [-0.25, -0.2) is 0 Å². The second-order valence-electron chi connectivity index (χ2n) is 3.16. The molecule has 73 valence electrons. The summed E-state index contributed by atoms with van der Waals surface area (Å²) in [6, 6.07) is 8.13. The van der Waals surface area contributed by atoms with E-state index in [2.05, 4.69) is 29.8 Å². The van der Waals surface area contributed by atoms with Crippen LogP contribution in [0.1, 0.15) is 31.1 Å². The molecule has 0 aliphatic carbocycles. The summed E-state index contributed by atoms with van der Waals surface area (Å²) in [6.07, 6.45) is 0.115. The molecule has 0 saturated carbocycles. The van der Waals surface area contributed by atoms with Crippen LogP contribution < -0.4 is 0 Å². The highest BCUT2D eigenvalue weighted by Gasteiger charge is 2.09. The molecule has 0 bridgehead atoms. The van der Waals surface area contributed by atoms with Gasteiger partial charge in [-0.1, -0.05) is 29.5 Å². The lowest BCUT2D eigenvalue weighted by Gasteiger charge is -2.16. The van der Waals surface area contributed by atoms with Crippen molar-refractivity contribution in [2.45, 2.75) is 20.0 Å². The first-order chi connectivity index (χ1) is 6.66. The summed E-state index contributed by atoms with van der Waals surface area (Å²) in [5.74, 6) is 0. The molecule has 0 aliphatic rings. The van der Waals surface area contributed by atoms with Crippen molar-refractivity contribution in [2.24, 2.45) is 0 Å². The Labute approximate surface area is 89.2 Å². The second-order valence-corrected chi connectivity index (χ2v) is 3.77. The minimum absolute atomic E-state index is 0.115. The smallest absolute Gasteiger partial charge is 0.0802 e. The number of rotatable bonds is 4. The van der Waals surface area contributed by atoms with Gasteiger partial charge in [0.1, 0.15) is 0 Å². The minimum atomic E-state index is 0.115. The first kappa shape index (κ1) is 11.2. The Morgan fingerprint density at radius 1 is 1.50 bits per heavy atom. The summed E-state index contributed by atoms with van der Waals surface area (Å²) in [5.41, 5.74) is 2.29. The predicted molar refractivity (Wildman–Crippen MR) is 61.3 cm³/mol. The van der Waals surface area contributed by atoms with Gasteiger partial charge < -0.3 is 4.74 Å². The molecule has 0 amide bonds. The Bertz CT molecular complexity index is 320. The molecule has 0 heterocycles. The zero-order chi connectivity index (χ0) is 10.6. The Morgan fingerprint density at radius 2 is 2.14 bits per heavy atom. The average Bonchev–Trinajstić information content (AvgIpc) is 2.18. The minimum Gasteiger partial charge on any atom is -0.374 e. The molecule has 0 N–H and O–H groups in total. The van der Waals surface area contributed by atoms with E-state index in [4.69, 9.17) is 4.74 Å². The highest BCUT2D eigenvalue weighted by Crippen LogP contribution is 2.24. The zero-order valence-electron chi connectivity index (χ0n) is 8.71. The molecule has 1 atom stereocenters. The maximum absolute atomic E-state index is 5.56. The lowest BCUT2D eigenvalue weighted by atomic mass is 10.0. The molecule has 2 heteroatoms. The van der Waals surface area contributed by atoms with Crippen molar-refractivity contribution >= 4 is 15.4 Å². The fraction of sp³-hybridized carbons (Fsp3) is 0.333. The molecule has 0 aliphatic heterocycles. The maximum Gasteiger partial charge on any atom is 0.0802 e. The van der Waals surface area contributed by atoms with E-state index in [1.54, 1.807) is 0 Å². The van der Waals surface area contributed by atoms with Crippen molar-refractivity contribution in [3.8, 4) is 0 Å². The summed E-state index contributed by atoms with van der Waals surface area (Å²) in [6.45, 7) is 8.67. The Morgan fingerprint density at radius 3 is 2.71 bits per heavy atom. The molecule has 1 unspecified atom stereocenters. The molecule has 0 spiro atoms. The van der Waals surface area contributed by atoms with Crippen LogP contribution in [0.4, 0.5) is 0 Å². The van der Waals surface area contributed by atoms with Crippen molar-refractivity contribution in [1.29, 1.82) is 0 Å². The lowest BCUT2D eigenvalue weighted by molar-refractivity contribution is 0.0762. The Hall–Kier alpha value is -0.863. The van der Waals surface area contributed by atoms with Crippen molar-refractivity contribution < 1.29 is 4.74 Å². The Balaban J connectivity index is 3.00. The van der Waals surface area contributed by atoms with Gasteiger partial charge in [0.2, 0.25) is 0 Å². The topological polar surface area (TPSA) is 9.23 Å². The molecule has 14 heavy (non-hydrogen) atoms. The summed E-state index contributed by atoms with van der Waals surface area (Å²) in [5, 5.41) is 0.896. The highest BCUT2D eigenvalue weighted by molar-refractivity contribution is 6.41. The summed E-state index contributed by atoms with van der Waals surface area (Å²) < 4.78 is 5.56. The Kier molecular flexibility index (Phi) is 4.11. The van der Waals surface area contributed by atoms with Gasteiger partial charge in [0, 0.05) is 6.61 Å². The van der Waals surface area contributed by atoms with E-state index in [0.29, 0.717) is 0 Å². The molecule has 0 aromatic heterocycles. The lowest BCUT2D eigenvalue weighted by Crippen LogP contribution is -2.02. The van der Waals surface area contributed by atoms with E-state index in [1.807, 2.05) is 25.1 Å². The number of benzene rings is 1.